The Morgan fingerprint density at radius 1 is 1.00 bits per heavy atom. The Kier molecular flexibility index (Phi) is 3.18. The molecule has 0 radical (unpaired) electrons. The fraction of sp³-hybridized carbons (Fsp3) is 0. The molecule has 0 fully saturated rings. The zero-order chi connectivity index (χ0) is 15.8. The Labute approximate surface area is 134 Å². The third-order valence-corrected chi connectivity index (χ3v) is 4.35. The average Bonchev–Trinajstić information content (AvgIpc) is 2.99. The molecule has 0 unspecified atom stereocenters. The maximum atomic E-state index is 12.7. The van der Waals surface area contributed by atoms with Crippen LogP contribution in [0.15, 0.2) is 53.3 Å². The lowest BCUT2D eigenvalue weighted by Gasteiger charge is -2.12. The van der Waals surface area contributed by atoms with Gasteiger partial charge < -0.3 is 0 Å². The van der Waals surface area contributed by atoms with Gasteiger partial charge in [0.1, 0.15) is 0 Å². The van der Waals surface area contributed by atoms with Crippen molar-refractivity contribution >= 4 is 43.5 Å². The van der Waals surface area contributed by atoms with Gasteiger partial charge >= 0.3 is 0 Å². The maximum Gasteiger partial charge on any atom is 0.281 e. The summed E-state index contributed by atoms with van der Waals surface area (Å²) in [7, 11) is 0. The molecule has 2 aromatic heterocycles. The van der Waals surface area contributed by atoms with Crippen molar-refractivity contribution < 1.29 is 0 Å². The van der Waals surface area contributed by atoms with Crippen LogP contribution in [0.2, 0.25) is 0 Å². The summed E-state index contributed by atoms with van der Waals surface area (Å²) in [4.78, 5) is 21.5. The largest absolute Gasteiger partial charge is 0.292 e. The molecule has 0 aliphatic heterocycles. The summed E-state index contributed by atoms with van der Waals surface area (Å²) < 4.78 is 2.29. The second-order valence-corrected chi connectivity index (χ2v) is 5.87. The summed E-state index contributed by atoms with van der Waals surface area (Å²) in [6.45, 7) is 0. The number of nitrogens with one attached hydrogen (secondary N) is 2. The monoisotopic (exact) mass is 324 g/mol. The van der Waals surface area contributed by atoms with Crippen molar-refractivity contribution in [3.63, 3.8) is 0 Å². The molecule has 0 atom stereocenters. The molecule has 2 aromatic carbocycles. The fourth-order valence-corrected chi connectivity index (χ4v) is 3.20. The first-order valence-electron chi connectivity index (χ1n) is 6.87. The first-order valence-corrected chi connectivity index (χ1v) is 7.69. The van der Waals surface area contributed by atoms with Crippen molar-refractivity contribution in [2.24, 2.45) is 5.84 Å². The van der Waals surface area contributed by atoms with Gasteiger partial charge in [0.05, 0.1) is 21.1 Å². The molecule has 4 aromatic rings. The number of hydrogen-bond acceptors (Lipinski definition) is 7. The van der Waals surface area contributed by atoms with Gasteiger partial charge in [-0.05, 0) is 24.3 Å². The minimum absolute atomic E-state index is 0.216. The van der Waals surface area contributed by atoms with Crippen LogP contribution in [0, 0.1) is 0 Å². The highest BCUT2D eigenvalue weighted by Gasteiger charge is 2.12. The molecule has 4 rings (SSSR count). The number of benzene rings is 2. The number of hydrazine groups is 1. The summed E-state index contributed by atoms with van der Waals surface area (Å²) in [5.74, 6) is 5.73. The standard InChI is InChI=1S/C15H12N6OS/c16-19-14-17-10-6-2-1-5-9(10)13(22)21(14)20-15-18-11-7-3-4-8-12(11)23-15/h1-8H,16H2,(H,17,19)(H,18,20). The smallest absolute Gasteiger partial charge is 0.281 e. The number of para-hydroxylation sites is 2. The number of aromatic nitrogens is 3. The molecule has 0 saturated carbocycles. The van der Waals surface area contributed by atoms with Crippen LogP contribution < -0.4 is 22.3 Å². The Bertz CT molecular complexity index is 1040. The molecule has 0 aliphatic carbocycles. The second kappa shape index (κ2) is 5.34. The Balaban J connectivity index is 1.87. The Morgan fingerprint density at radius 3 is 2.52 bits per heavy atom. The van der Waals surface area contributed by atoms with E-state index < -0.39 is 0 Å². The number of fused-ring (bicyclic) bond motifs is 2. The van der Waals surface area contributed by atoms with E-state index in [0.29, 0.717) is 16.0 Å². The Morgan fingerprint density at radius 2 is 1.74 bits per heavy atom. The molecule has 8 heteroatoms. The quantitative estimate of drug-likeness (QED) is 0.395. The van der Waals surface area contributed by atoms with Crippen LogP contribution in [-0.2, 0) is 0 Å². The fourth-order valence-electron chi connectivity index (χ4n) is 2.35. The van der Waals surface area contributed by atoms with Crippen LogP contribution in [0.1, 0.15) is 0 Å². The van der Waals surface area contributed by atoms with E-state index >= 15 is 0 Å². The predicted molar refractivity (Wildman–Crippen MR) is 92.5 cm³/mol. The summed E-state index contributed by atoms with van der Waals surface area (Å²) in [5, 5.41) is 1.09. The van der Waals surface area contributed by atoms with Crippen molar-refractivity contribution in [2.45, 2.75) is 0 Å². The van der Waals surface area contributed by atoms with Gasteiger partial charge in [0.25, 0.3) is 5.56 Å². The molecule has 4 N–H and O–H groups in total. The number of nitrogens with zero attached hydrogens (tertiary/aromatic N) is 3. The van der Waals surface area contributed by atoms with E-state index in [-0.39, 0.29) is 11.5 Å². The van der Waals surface area contributed by atoms with Crippen LogP contribution in [0.25, 0.3) is 21.1 Å². The van der Waals surface area contributed by atoms with Gasteiger partial charge in [0.2, 0.25) is 11.1 Å². The zero-order valence-corrected chi connectivity index (χ0v) is 12.7. The summed E-state index contributed by atoms with van der Waals surface area (Å²) in [6.07, 6.45) is 0. The molecular weight excluding hydrogens is 312 g/mol. The number of anilines is 2. The summed E-state index contributed by atoms with van der Waals surface area (Å²) in [5.41, 5.74) is 6.62. The zero-order valence-electron chi connectivity index (χ0n) is 11.9. The molecule has 2 heterocycles. The highest BCUT2D eigenvalue weighted by Crippen LogP contribution is 2.25. The van der Waals surface area contributed by atoms with E-state index in [4.69, 9.17) is 5.84 Å². The normalized spacial score (nSPS) is 11.0. The predicted octanol–water partition coefficient (Wildman–Crippen LogP) is 2.17. The number of rotatable bonds is 3. The number of nitrogen functional groups attached to an aromatic ring is 1. The molecule has 0 aliphatic rings. The minimum Gasteiger partial charge on any atom is -0.292 e. The van der Waals surface area contributed by atoms with Crippen LogP contribution in [-0.4, -0.2) is 14.6 Å². The molecule has 0 amide bonds. The highest BCUT2D eigenvalue weighted by molar-refractivity contribution is 7.22. The summed E-state index contributed by atoms with van der Waals surface area (Å²) >= 11 is 1.45. The van der Waals surface area contributed by atoms with Crippen LogP contribution in [0.4, 0.5) is 11.1 Å². The minimum atomic E-state index is -0.247. The van der Waals surface area contributed by atoms with Gasteiger partial charge in [0.15, 0.2) is 0 Å². The second-order valence-electron chi connectivity index (χ2n) is 4.84. The first kappa shape index (κ1) is 13.7. The van der Waals surface area contributed by atoms with E-state index in [1.54, 1.807) is 18.2 Å². The lowest BCUT2D eigenvalue weighted by molar-refractivity contribution is 0.878. The molecule has 114 valence electrons. The van der Waals surface area contributed by atoms with E-state index in [0.717, 1.165) is 10.2 Å². The van der Waals surface area contributed by atoms with E-state index in [9.17, 15) is 4.79 Å². The third kappa shape index (κ3) is 2.30. The van der Waals surface area contributed by atoms with Gasteiger partial charge in [-0.1, -0.05) is 35.6 Å². The third-order valence-electron chi connectivity index (χ3n) is 3.41. The molecule has 0 bridgehead atoms. The van der Waals surface area contributed by atoms with Crippen molar-refractivity contribution in [1.29, 1.82) is 0 Å². The van der Waals surface area contributed by atoms with Crippen LogP contribution >= 0.6 is 11.3 Å². The first-order chi connectivity index (χ1) is 11.3. The lowest BCUT2D eigenvalue weighted by Crippen LogP contribution is -2.31. The van der Waals surface area contributed by atoms with Crippen molar-refractivity contribution in [2.75, 3.05) is 10.9 Å². The molecule has 0 spiro atoms. The van der Waals surface area contributed by atoms with Gasteiger partial charge in [-0.25, -0.2) is 15.8 Å². The molecule has 0 saturated heterocycles. The number of nitrogens with two attached hydrogens (primary N) is 1. The SMILES string of the molecule is NNc1nc2ccccc2c(=O)n1Nc1nc2ccccc2s1. The average molecular weight is 324 g/mol. The van der Waals surface area contributed by atoms with Crippen molar-refractivity contribution in [3.05, 3.63) is 58.9 Å². The van der Waals surface area contributed by atoms with E-state index in [1.165, 1.54) is 16.0 Å². The highest BCUT2D eigenvalue weighted by atomic mass is 32.1. The van der Waals surface area contributed by atoms with Gasteiger partial charge in [-0.2, -0.15) is 4.68 Å². The van der Waals surface area contributed by atoms with Gasteiger partial charge in [0, 0.05) is 0 Å². The molecular formula is C15H12N6OS. The molecule has 23 heavy (non-hydrogen) atoms. The van der Waals surface area contributed by atoms with E-state index in [2.05, 4.69) is 20.8 Å². The van der Waals surface area contributed by atoms with Gasteiger partial charge in [-0.3, -0.25) is 15.6 Å². The topological polar surface area (TPSA) is 97.9 Å². The number of thiazole rings is 1. The van der Waals surface area contributed by atoms with Crippen LogP contribution in [0.3, 0.4) is 0 Å². The molecule has 7 nitrogen and oxygen atoms in total. The Hall–Kier alpha value is -2.97. The van der Waals surface area contributed by atoms with Crippen molar-refractivity contribution in [1.82, 2.24) is 14.6 Å². The maximum absolute atomic E-state index is 12.7. The summed E-state index contributed by atoms with van der Waals surface area (Å²) in [6, 6.07) is 14.9. The van der Waals surface area contributed by atoms with Crippen molar-refractivity contribution in [3.8, 4) is 0 Å². The van der Waals surface area contributed by atoms with E-state index in [1.807, 2.05) is 30.3 Å². The van der Waals surface area contributed by atoms with Gasteiger partial charge in [-0.15, -0.1) is 0 Å². The lowest BCUT2D eigenvalue weighted by atomic mass is 10.2. The number of hydrogen-bond donors (Lipinski definition) is 3. The van der Waals surface area contributed by atoms with Crippen LogP contribution in [0.5, 0.6) is 0 Å².